The number of hydrogen-bond donors (Lipinski definition) is 1. The van der Waals surface area contributed by atoms with E-state index in [-0.39, 0.29) is 11.5 Å². The average molecular weight is 429 g/mol. The van der Waals surface area contributed by atoms with E-state index in [1.165, 1.54) is 11.7 Å². The largest absolute Gasteiger partial charge is 0.496 e. The van der Waals surface area contributed by atoms with E-state index in [9.17, 15) is 9.59 Å². The molecule has 158 valence electrons. The van der Waals surface area contributed by atoms with Crippen molar-refractivity contribution in [1.29, 1.82) is 0 Å². The van der Waals surface area contributed by atoms with E-state index < -0.39 is 0 Å². The molecule has 0 radical (unpaired) electrons. The number of aromatic nitrogens is 3. The number of aryl methyl sites for hydroxylation is 1. The summed E-state index contributed by atoms with van der Waals surface area (Å²) in [6.45, 7) is 3.65. The van der Waals surface area contributed by atoms with Crippen LogP contribution in [0.5, 0.6) is 5.75 Å². The monoisotopic (exact) mass is 428 g/mol. The van der Waals surface area contributed by atoms with E-state index in [4.69, 9.17) is 16.3 Å². The molecule has 2 aromatic heterocycles. The van der Waals surface area contributed by atoms with Crippen molar-refractivity contribution in [3.63, 3.8) is 0 Å². The first kappa shape index (κ1) is 20.5. The van der Waals surface area contributed by atoms with E-state index in [0.29, 0.717) is 33.2 Å². The van der Waals surface area contributed by atoms with Crippen LogP contribution in [0.4, 0.5) is 0 Å². The second kappa shape index (κ2) is 8.14. The quantitative estimate of drug-likeness (QED) is 0.684. The van der Waals surface area contributed by atoms with Crippen LogP contribution in [0.3, 0.4) is 0 Å². The van der Waals surface area contributed by atoms with Crippen LogP contribution in [-0.2, 0) is 7.05 Å². The lowest BCUT2D eigenvalue weighted by Gasteiger charge is -2.32. The lowest BCUT2D eigenvalue weighted by Crippen LogP contribution is -2.38. The fraction of sp³-hybridized carbons (Fsp3) is 0.409. The topological polar surface area (TPSA) is 80.2 Å². The molecule has 30 heavy (non-hydrogen) atoms. The number of carbonyl (C=O) groups is 1. The first-order chi connectivity index (χ1) is 14.4. The van der Waals surface area contributed by atoms with Gasteiger partial charge in [0.2, 0.25) is 0 Å². The van der Waals surface area contributed by atoms with Gasteiger partial charge in [0, 0.05) is 37.3 Å². The van der Waals surface area contributed by atoms with Gasteiger partial charge in [-0.25, -0.2) is 0 Å². The lowest BCUT2D eigenvalue weighted by atomic mass is 9.94. The highest BCUT2D eigenvalue weighted by atomic mass is 35.5. The number of hydrogen-bond acceptors (Lipinski definition) is 4. The number of H-pyrrole nitrogens is 1. The molecule has 0 spiro atoms. The maximum atomic E-state index is 13.2. The van der Waals surface area contributed by atoms with Gasteiger partial charge in [-0.05, 0) is 36.5 Å². The first-order valence-corrected chi connectivity index (χ1v) is 10.5. The summed E-state index contributed by atoms with van der Waals surface area (Å²) in [5.74, 6) is 0.994. The van der Waals surface area contributed by atoms with Crippen LogP contribution in [0.15, 0.2) is 29.3 Å². The van der Waals surface area contributed by atoms with Crippen molar-refractivity contribution >= 4 is 28.4 Å². The number of halogens is 1. The van der Waals surface area contributed by atoms with Crippen LogP contribution < -0.4 is 10.3 Å². The smallest absolute Gasteiger partial charge is 0.276 e. The number of ether oxygens (including phenoxy) is 1. The Morgan fingerprint density at radius 3 is 2.73 bits per heavy atom. The third-order valence-electron chi connectivity index (χ3n) is 6.06. The van der Waals surface area contributed by atoms with Gasteiger partial charge < -0.3 is 14.2 Å². The number of likely N-dealkylation sites (tertiary alicyclic amines) is 1. The molecule has 0 atom stereocenters. The standard InChI is InChI=1S/C22H25ClN4O3/c1-4-13-5-7-27(8-6-13)21(28)19-17(23)9-14(10-18(19)30-3)16-12-26(2)22(29)20-15(16)11-24-25-20/h9-13H,4-8H2,1-3H3,(H,24,25). The molecule has 1 N–H and O–H groups in total. The Balaban J connectivity index is 1.76. The van der Waals surface area contributed by atoms with E-state index in [1.807, 2.05) is 4.90 Å². The summed E-state index contributed by atoms with van der Waals surface area (Å²) in [7, 11) is 3.21. The van der Waals surface area contributed by atoms with Gasteiger partial charge in [-0.15, -0.1) is 0 Å². The van der Waals surface area contributed by atoms with Crippen molar-refractivity contribution in [1.82, 2.24) is 19.7 Å². The Bertz CT molecular complexity index is 1160. The van der Waals surface area contributed by atoms with E-state index >= 15 is 0 Å². The van der Waals surface area contributed by atoms with Crippen molar-refractivity contribution in [2.75, 3.05) is 20.2 Å². The number of rotatable bonds is 4. The van der Waals surface area contributed by atoms with Gasteiger partial charge in [-0.2, -0.15) is 5.10 Å². The molecule has 7 nitrogen and oxygen atoms in total. The number of nitrogens with one attached hydrogen (secondary N) is 1. The highest BCUT2D eigenvalue weighted by molar-refractivity contribution is 6.34. The van der Waals surface area contributed by atoms with Crippen molar-refractivity contribution < 1.29 is 9.53 Å². The average Bonchev–Trinajstić information content (AvgIpc) is 3.25. The molecule has 0 aliphatic carbocycles. The summed E-state index contributed by atoms with van der Waals surface area (Å²) in [5, 5.41) is 7.79. The minimum Gasteiger partial charge on any atom is -0.496 e. The Morgan fingerprint density at radius 1 is 1.33 bits per heavy atom. The predicted octanol–water partition coefficient (Wildman–Crippen LogP) is 3.85. The molecular weight excluding hydrogens is 404 g/mol. The lowest BCUT2D eigenvalue weighted by molar-refractivity contribution is 0.0685. The van der Waals surface area contributed by atoms with Crippen molar-refractivity contribution in [3.8, 4) is 16.9 Å². The maximum Gasteiger partial charge on any atom is 0.276 e. The SMILES string of the molecule is CCC1CCN(C(=O)c2c(Cl)cc(-c3cn(C)c(=O)c4[nH]ncc34)cc2OC)CC1. The minimum absolute atomic E-state index is 0.105. The number of nitrogens with zero attached hydrogens (tertiary/aromatic N) is 3. The zero-order chi connectivity index (χ0) is 21.4. The Kier molecular flexibility index (Phi) is 5.56. The highest BCUT2D eigenvalue weighted by Crippen LogP contribution is 2.36. The van der Waals surface area contributed by atoms with Gasteiger partial charge in [-0.3, -0.25) is 14.7 Å². The van der Waals surface area contributed by atoms with Crippen molar-refractivity contribution in [2.45, 2.75) is 26.2 Å². The Morgan fingerprint density at radius 2 is 2.07 bits per heavy atom. The molecule has 1 aliphatic rings. The zero-order valence-electron chi connectivity index (χ0n) is 17.4. The van der Waals surface area contributed by atoms with E-state index in [2.05, 4.69) is 17.1 Å². The molecule has 3 aromatic rings. The van der Waals surface area contributed by atoms with Crippen LogP contribution >= 0.6 is 11.6 Å². The number of carbonyl (C=O) groups excluding carboxylic acids is 1. The third-order valence-corrected chi connectivity index (χ3v) is 6.36. The predicted molar refractivity (Wildman–Crippen MR) is 117 cm³/mol. The van der Waals surface area contributed by atoms with Crippen molar-refractivity contribution in [3.05, 3.63) is 45.5 Å². The fourth-order valence-corrected chi connectivity index (χ4v) is 4.48. The zero-order valence-corrected chi connectivity index (χ0v) is 18.1. The Labute approximate surface area is 179 Å². The number of pyridine rings is 1. The Hall–Kier alpha value is -2.80. The fourth-order valence-electron chi connectivity index (χ4n) is 4.19. The molecule has 1 fully saturated rings. The van der Waals surface area contributed by atoms with E-state index in [0.717, 1.165) is 43.5 Å². The summed E-state index contributed by atoms with van der Waals surface area (Å²) in [6.07, 6.45) is 6.52. The van der Waals surface area contributed by atoms with Gasteiger partial charge in [-0.1, -0.05) is 24.9 Å². The molecule has 0 unspecified atom stereocenters. The first-order valence-electron chi connectivity index (χ1n) is 10.1. The molecule has 0 bridgehead atoms. The summed E-state index contributed by atoms with van der Waals surface area (Å²) < 4.78 is 7.06. The van der Waals surface area contributed by atoms with Crippen LogP contribution in [0, 0.1) is 5.92 Å². The minimum atomic E-state index is -0.161. The summed E-state index contributed by atoms with van der Waals surface area (Å²) >= 11 is 6.61. The number of fused-ring (bicyclic) bond motifs is 1. The molecule has 4 rings (SSSR count). The van der Waals surface area contributed by atoms with Crippen LogP contribution in [0.2, 0.25) is 5.02 Å². The van der Waals surface area contributed by atoms with Crippen molar-refractivity contribution in [2.24, 2.45) is 13.0 Å². The molecule has 1 amide bonds. The summed E-state index contributed by atoms with van der Waals surface area (Å²) in [5.41, 5.74) is 2.17. The summed E-state index contributed by atoms with van der Waals surface area (Å²) in [4.78, 5) is 27.4. The molecule has 1 saturated heterocycles. The maximum absolute atomic E-state index is 13.2. The summed E-state index contributed by atoms with van der Waals surface area (Å²) in [6, 6.07) is 3.55. The third kappa shape index (κ3) is 3.47. The number of benzene rings is 1. The number of amides is 1. The molecule has 1 aromatic carbocycles. The number of aromatic amines is 1. The van der Waals surface area contributed by atoms with Gasteiger partial charge in [0.15, 0.2) is 0 Å². The van der Waals surface area contributed by atoms with Crippen LogP contribution in [0.1, 0.15) is 36.5 Å². The molecule has 1 aliphatic heterocycles. The molecular formula is C22H25ClN4O3. The van der Waals surface area contributed by atoms with Gasteiger partial charge in [0.25, 0.3) is 11.5 Å². The highest BCUT2D eigenvalue weighted by Gasteiger charge is 2.27. The van der Waals surface area contributed by atoms with Gasteiger partial charge in [0.1, 0.15) is 16.8 Å². The van der Waals surface area contributed by atoms with Gasteiger partial charge >= 0.3 is 0 Å². The molecule has 0 saturated carbocycles. The number of piperidine rings is 1. The van der Waals surface area contributed by atoms with Crippen LogP contribution in [0.25, 0.3) is 22.0 Å². The normalized spacial score (nSPS) is 15.0. The van der Waals surface area contributed by atoms with Crippen LogP contribution in [-0.4, -0.2) is 45.8 Å². The molecule has 3 heterocycles. The second-order valence-corrected chi connectivity index (χ2v) is 8.20. The van der Waals surface area contributed by atoms with Gasteiger partial charge in [0.05, 0.1) is 18.3 Å². The second-order valence-electron chi connectivity index (χ2n) is 7.80. The molecule has 8 heteroatoms. The number of methoxy groups -OCH3 is 1. The van der Waals surface area contributed by atoms with E-state index in [1.54, 1.807) is 31.6 Å².